The number of ether oxygens (including phenoxy) is 1. The van der Waals surface area contributed by atoms with Gasteiger partial charge >= 0.3 is 0 Å². The summed E-state index contributed by atoms with van der Waals surface area (Å²) in [4.78, 5) is 12.4. The molecule has 0 radical (unpaired) electrons. The normalized spacial score (nSPS) is 19.5. The number of amides is 1. The molecule has 7 heteroatoms. The fraction of sp³-hybridized carbons (Fsp3) is 0.571. The maximum Gasteiger partial charge on any atom is 0.230 e. The van der Waals surface area contributed by atoms with E-state index in [4.69, 9.17) is 4.74 Å². The number of thioether (sulfide) groups is 1. The smallest absolute Gasteiger partial charge is 0.230 e. The van der Waals surface area contributed by atoms with Crippen molar-refractivity contribution < 1.29 is 9.53 Å². The fourth-order valence-electron chi connectivity index (χ4n) is 3.65. The van der Waals surface area contributed by atoms with E-state index in [0.29, 0.717) is 37.3 Å². The zero-order chi connectivity index (χ0) is 19.8. The third kappa shape index (κ3) is 5.82. The number of benzene rings is 1. The molecule has 2 atom stereocenters. The number of aromatic nitrogens is 3. The van der Waals surface area contributed by atoms with Crippen LogP contribution in [0.3, 0.4) is 0 Å². The molecule has 1 aromatic carbocycles. The number of hydrogen-bond acceptors (Lipinski definition) is 5. The third-order valence-electron chi connectivity index (χ3n) is 5.31. The maximum absolute atomic E-state index is 12.4. The maximum atomic E-state index is 12.4. The molecular weight excluding hydrogens is 372 g/mol. The lowest BCUT2D eigenvalue weighted by Crippen LogP contribution is -2.41. The molecule has 6 nitrogen and oxygen atoms in total. The van der Waals surface area contributed by atoms with Crippen molar-refractivity contribution in [2.45, 2.75) is 56.8 Å². The van der Waals surface area contributed by atoms with Crippen molar-refractivity contribution in [3.05, 3.63) is 41.7 Å². The van der Waals surface area contributed by atoms with Crippen LogP contribution in [-0.4, -0.2) is 46.2 Å². The Morgan fingerprint density at radius 2 is 2.04 bits per heavy atom. The molecule has 28 heavy (non-hydrogen) atoms. The first-order chi connectivity index (χ1) is 13.7. The molecule has 1 aliphatic rings. The van der Waals surface area contributed by atoms with Crippen molar-refractivity contribution >= 4 is 17.7 Å². The number of rotatable bonds is 9. The SMILES string of the molecule is COCCn1c(Cc2ccccc2)nnc1SCC(=O)N[C@H]1CCCC[C@H]1C. The number of methoxy groups -OCH3 is 1. The molecule has 0 aliphatic heterocycles. The second kappa shape index (κ2) is 10.6. The summed E-state index contributed by atoms with van der Waals surface area (Å²) >= 11 is 1.45. The van der Waals surface area contributed by atoms with Crippen LogP contribution in [0.5, 0.6) is 0 Å². The Hall–Kier alpha value is -1.86. The van der Waals surface area contributed by atoms with Crippen LogP contribution >= 0.6 is 11.8 Å². The quantitative estimate of drug-likeness (QED) is 0.652. The van der Waals surface area contributed by atoms with E-state index in [1.165, 1.54) is 36.6 Å². The van der Waals surface area contributed by atoms with Gasteiger partial charge in [-0.2, -0.15) is 0 Å². The predicted molar refractivity (Wildman–Crippen MR) is 111 cm³/mol. The monoisotopic (exact) mass is 402 g/mol. The topological polar surface area (TPSA) is 69.0 Å². The molecule has 0 saturated heterocycles. The van der Waals surface area contributed by atoms with Gasteiger partial charge in [0.15, 0.2) is 5.16 Å². The van der Waals surface area contributed by atoms with Crippen LogP contribution in [0.1, 0.15) is 44.0 Å². The number of carbonyl (C=O) groups is 1. The standard InChI is InChI=1S/C21H30N4O2S/c1-16-8-6-7-11-18(16)22-20(26)15-28-21-24-23-19(25(21)12-13-27-2)14-17-9-4-3-5-10-17/h3-5,9-10,16,18H,6-8,11-15H2,1-2H3,(H,22,26)/t16-,18+/m1/s1. The highest BCUT2D eigenvalue weighted by Gasteiger charge is 2.23. The van der Waals surface area contributed by atoms with Gasteiger partial charge in [-0.15, -0.1) is 10.2 Å². The van der Waals surface area contributed by atoms with Gasteiger partial charge in [0.2, 0.25) is 5.91 Å². The van der Waals surface area contributed by atoms with Gasteiger partial charge in [0.25, 0.3) is 0 Å². The van der Waals surface area contributed by atoms with Crippen LogP contribution in [0.25, 0.3) is 0 Å². The summed E-state index contributed by atoms with van der Waals surface area (Å²) in [6.45, 7) is 3.49. The van der Waals surface area contributed by atoms with Gasteiger partial charge in [-0.1, -0.05) is 61.9 Å². The highest BCUT2D eigenvalue weighted by atomic mass is 32.2. The lowest BCUT2D eigenvalue weighted by Gasteiger charge is -2.29. The Morgan fingerprint density at radius 3 is 2.79 bits per heavy atom. The summed E-state index contributed by atoms with van der Waals surface area (Å²) in [7, 11) is 1.69. The Labute approximate surface area is 171 Å². The Kier molecular flexibility index (Phi) is 7.91. The average molecular weight is 403 g/mol. The van der Waals surface area contributed by atoms with E-state index in [1.807, 2.05) is 18.2 Å². The fourth-order valence-corrected chi connectivity index (χ4v) is 4.45. The molecule has 152 valence electrons. The molecule has 2 aromatic rings. The number of carbonyl (C=O) groups excluding carboxylic acids is 1. The number of nitrogens with zero attached hydrogens (tertiary/aromatic N) is 3. The van der Waals surface area contributed by atoms with Crippen LogP contribution in [0.2, 0.25) is 0 Å². The Balaban J connectivity index is 1.61. The van der Waals surface area contributed by atoms with Gasteiger partial charge in [0, 0.05) is 26.1 Å². The predicted octanol–water partition coefficient (Wildman–Crippen LogP) is 3.30. The highest BCUT2D eigenvalue weighted by Crippen LogP contribution is 2.24. The second-order valence-corrected chi connectivity index (χ2v) is 8.37. The minimum atomic E-state index is 0.0784. The number of nitrogens with one attached hydrogen (secondary N) is 1. The van der Waals surface area contributed by atoms with Gasteiger partial charge in [-0.25, -0.2) is 0 Å². The van der Waals surface area contributed by atoms with Crippen molar-refractivity contribution in [3.8, 4) is 0 Å². The van der Waals surface area contributed by atoms with Crippen molar-refractivity contribution in [2.75, 3.05) is 19.5 Å². The first kappa shape index (κ1) is 20.9. The molecule has 1 aromatic heterocycles. The van der Waals surface area contributed by atoms with Crippen molar-refractivity contribution in [2.24, 2.45) is 5.92 Å². The molecule has 1 aliphatic carbocycles. The van der Waals surface area contributed by atoms with E-state index in [1.54, 1.807) is 7.11 Å². The molecule has 0 spiro atoms. The lowest BCUT2D eigenvalue weighted by molar-refractivity contribution is -0.119. The molecular formula is C21H30N4O2S. The van der Waals surface area contributed by atoms with Gasteiger partial charge in [-0.05, 0) is 24.3 Å². The van der Waals surface area contributed by atoms with E-state index in [-0.39, 0.29) is 5.91 Å². The van der Waals surface area contributed by atoms with Crippen molar-refractivity contribution in [3.63, 3.8) is 0 Å². The van der Waals surface area contributed by atoms with Gasteiger partial charge in [-0.3, -0.25) is 4.79 Å². The minimum absolute atomic E-state index is 0.0784. The van der Waals surface area contributed by atoms with Crippen LogP contribution in [0.15, 0.2) is 35.5 Å². The molecule has 1 fully saturated rings. The molecule has 1 heterocycles. The largest absolute Gasteiger partial charge is 0.383 e. The second-order valence-electron chi connectivity index (χ2n) is 7.43. The van der Waals surface area contributed by atoms with E-state index >= 15 is 0 Å². The molecule has 1 N–H and O–H groups in total. The first-order valence-corrected chi connectivity index (χ1v) is 11.0. The Morgan fingerprint density at radius 1 is 1.25 bits per heavy atom. The highest BCUT2D eigenvalue weighted by molar-refractivity contribution is 7.99. The third-order valence-corrected chi connectivity index (χ3v) is 6.27. The molecule has 1 amide bonds. The van der Waals surface area contributed by atoms with E-state index in [0.717, 1.165) is 17.4 Å². The minimum Gasteiger partial charge on any atom is -0.383 e. The summed E-state index contributed by atoms with van der Waals surface area (Å²) in [6.07, 6.45) is 5.48. The van der Waals surface area contributed by atoms with Gasteiger partial charge in [0.05, 0.1) is 12.4 Å². The molecule has 1 saturated carbocycles. The first-order valence-electron chi connectivity index (χ1n) is 10.0. The summed E-state index contributed by atoms with van der Waals surface area (Å²) in [6, 6.07) is 10.5. The van der Waals surface area contributed by atoms with Crippen LogP contribution in [0, 0.1) is 5.92 Å². The van der Waals surface area contributed by atoms with E-state index in [2.05, 4.69) is 39.1 Å². The lowest BCUT2D eigenvalue weighted by atomic mass is 9.86. The van der Waals surface area contributed by atoms with Crippen LogP contribution in [0.4, 0.5) is 0 Å². The van der Waals surface area contributed by atoms with Gasteiger partial charge < -0.3 is 14.6 Å². The summed E-state index contributed by atoms with van der Waals surface area (Å²) < 4.78 is 7.32. The van der Waals surface area contributed by atoms with Crippen LogP contribution < -0.4 is 5.32 Å². The molecule has 3 rings (SSSR count). The summed E-state index contributed by atoms with van der Waals surface area (Å²) in [5, 5.41) is 12.7. The van der Waals surface area contributed by atoms with Crippen molar-refractivity contribution in [1.82, 2.24) is 20.1 Å². The van der Waals surface area contributed by atoms with E-state index < -0.39 is 0 Å². The zero-order valence-corrected chi connectivity index (χ0v) is 17.6. The number of hydrogen-bond donors (Lipinski definition) is 1. The average Bonchev–Trinajstić information content (AvgIpc) is 3.08. The van der Waals surface area contributed by atoms with Crippen LogP contribution in [-0.2, 0) is 22.5 Å². The van der Waals surface area contributed by atoms with E-state index in [9.17, 15) is 4.79 Å². The molecule has 0 unspecified atom stereocenters. The molecule has 0 bridgehead atoms. The summed E-state index contributed by atoms with van der Waals surface area (Å²) in [5.74, 6) is 1.90. The zero-order valence-electron chi connectivity index (χ0n) is 16.8. The summed E-state index contributed by atoms with van der Waals surface area (Å²) in [5.41, 5.74) is 1.19. The van der Waals surface area contributed by atoms with Gasteiger partial charge in [0.1, 0.15) is 5.82 Å². The van der Waals surface area contributed by atoms with Crippen molar-refractivity contribution in [1.29, 1.82) is 0 Å². The Bertz CT molecular complexity index is 750.